The summed E-state index contributed by atoms with van der Waals surface area (Å²) in [5.41, 5.74) is 0.0472. The van der Waals surface area contributed by atoms with Crippen LogP contribution in [0.25, 0.3) is 0 Å². The normalized spacial score (nSPS) is 21.7. The van der Waals surface area contributed by atoms with Gasteiger partial charge in [-0.25, -0.2) is 9.59 Å². The molecule has 0 radical (unpaired) electrons. The molecule has 0 bridgehead atoms. The predicted molar refractivity (Wildman–Crippen MR) is 87.2 cm³/mol. The van der Waals surface area contributed by atoms with Gasteiger partial charge >= 0.3 is 12.1 Å². The second kappa shape index (κ2) is 7.02. The van der Waals surface area contributed by atoms with Gasteiger partial charge < -0.3 is 14.4 Å². The third-order valence-corrected chi connectivity index (χ3v) is 3.75. The number of hydrogen-bond donors (Lipinski definition) is 0. The standard InChI is InChI=1S/C18H25NO4/c1-13-12-19(17(21)23-18(2,3)4)11-10-15(13)22-16(20)14-8-6-5-7-9-14/h5-9,13,15H,10-12H2,1-4H3. The number of amides is 1. The molecule has 23 heavy (non-hydrogen) atoms. The van der Waals surface area contributed by atoms with Gasteiger partial charge in [-0.3, -0.25) is 0 Å². The summed E-state index contributed by atoms with van der Waals surface area (Å²) in [6.45, 7) is 8.60. The first-order valence-corrected chi connectivity index (χ1v) is 8.00. The Balaban J connectivity index is 1.89. The van der Waals surface area contributed by atoms with Crippen LogP contribution < -0.4 is 0 Å². The molecule has 0 spiro atoms. The van der Waals surface area contributed by atoms with E-state index >= 15 is 0 Å². The van der Waals surface area contributed by atoms with Crippen molar-refractivity contribution in [1.82, 2.24) is 4.90 Å². The molecule has 0 N–H and O–H groups in total. The van der Waals surface area contributed by atoms with E-state index in [9.17, 15) is 9.59 Å². The van der Waals surface area contributed by atoms with Crippen molar-refractivity contribution in [1.29, 1.82) is 0 Å². The van der Waals surface area contributed by atoms with Crippen LogP contribution in [0.5, 0.6) is 0 Å². The Labute approximate surface area is 137 Å². The number of rotatable bonds is 2. The van der Waals surface area contributed by atoms with E-state index in [0.29, 0.717) is 25.1 Å². The second-order valence-electron chi connectivity index (χ2n) is 7.00. The molecular weight excluding hydrogens is 294 g/mol. The molecule has 1 heterocycles. The summed E-state index contributed by atoms with van der Waals surface area (Å²) in [4.78, 5) is 25.9. The Morgan fingerprint density at radius 2 is 1.83 bits per heavy atom. The fraction of sp³-hybridized carbons (Fsp3) is 0.556. The zero-order chi connectivity index (χ0) is 17.0. The first-order valence-electron chi connectivity index (χ1n) is 8.00. The number of ether oxygens (including phenoxy) is 2. The van der Waals surface area contributed by atoms with Crippen molar-refractivity contribution >= 4 is 12.1 Å². The van der Waals surface area contributed by atoms with Gasteiger partial charge in [-0.05, 0) is 32.9 Å². The monoisotopic (exact) mass is 319 g/mol. The summed E-state index contributed by atoms with van der Waals surface area (Å²) in [7, 11) is 0. The van der Waals surface area contributed by atoms with Gasteiger partial charge in [-0.1, -0.05) is 25.1 Å². The van der Waals surface area contributed by atoms with Crippen LogP contribution in [0.15, 0.2) is 30.3 Å². The number of hydrogen-bond acceptors (Lipinski definition) is 4. The van der Waals surface area contributed by atoms with Crippen LogP contribution in [-0.4, -0.2) is 41.8 Å². The fourth-order valence-electron chi connectivity index (χ4n) is 2.57. The molecule has 2 unspecified atom stereocenters. The van der Waals surface area contributed by atoms with Gasteiger partial charge in [0.25, 0.3) is 0 Å². The molecular formula is C18H25NO4. The maximum absolute atomic E-state index is 12.1. The van der Waals surface area contributed by atoms with E-state index < -0.39 is 5.60 Å². The van der Waals surface area contributed by atoms with Crippen LogP contribution in [0.1, 0.15) is 44.5 Å². The van der Waals surface area contributed by atoms with E-state index in [1.165, 1.54) is 0 Å². The second-order valence-corrected chi connectivity index (χ2v) is 7.00. The van der Waals surface area contributed by atoms with E-state index in [-0.39, 0.29) is 24.1 Å². The largest absolute Gasteiger partial charge is 0.458 e. The molecule has 1 amide bonds. The Bertz CT molecular complexity index is 550. The average molecular weight is 319 g/mol. The highest BCUT2D eigenvalue weighted by Gasteiger charge is 2.33. The molecule has 126 valence electrons. The van der Waals surface area contributed by atoms with Crippen molar-refractivity contribution in [2.45, 2.75) is 45.8 Å². The highest BCUT2D eigenvalue weighted by atomic mass is 16.6. The maximum atomic E-state index is 12.1. The van der Waals surface area contributed by atoms with E-state index in [4.69, 9.17) is 9.47 Å². The summed E-state index contributed by atoms with van der Waals surface area (Å²) in [6, 6.07) is 8.96. The lowest BCUT2D eigenvalue weighted by atomic mass is 9.96. The molecule has 1 aliphatic heterocycles. The van der Waals surface area contributed by atoms with Gasteiger partial charge in [0.1, 0.15) is 11.7 Å². The van der Waals surface area contributed by atoms with Gasteiger partial charge in [0, 0.05) is 25.4 Å². The SMILES string of the molecule is CC1CN(C(=O)OC(C)(C)C)CCC1OC(=O)c1ccccc1. The van der Waals surface area contributed by atoms with Gasteiger partial charge in [0.15, 0.2) is 0 Å². The minimum absolute atomic E-state index is 0.0731. The van der Waals surface area contributed by atoms with Gasteiger partial charge in [0.2, 0.25) is 0 Å². The lowest BCUT2D eigenvalue weighted by molar-refractivity contribution is -0.0216. The van der Waals surface area contributed by atoms with Crippen molar-refractivity contribution in [3.8, 4) is 0 Å². The molecule has 0 aliphatic carbocycles. The van der Waals surface area contributed by atoms with Crippen LogP contribution in [0.4, 0.5) is 4.79 Å². The molecule has 5 nitrogen and oxygen atoms in total. The van der Waals surface area contributed by atoms with E-state index in [1.54, 1.807) is 17.0 Å². The topological polar surface area (TPSA) is 55.8 Å². The lowest BCUT2D eigenvalue weighted by Gasteiger charge is -2.37. The van der Waals surface area contributed by atoms with Gasteiger partial charge in [-0.15, -0.1) is 0 Å². The molecule has 1 fully saturated rings. The highest BCUT2D eigenvalue weighted by Crippen LogP contribution is 2.23. The van der Waals surface area contributed by atoms with Gasteiger partial charge in [0.05, 0.1) is 5.56 Å². The minimum Gasteiger partial charge on any atom is -0.458 e. The minimum atomic E-state index is -0.503. The summed E-state index contributed by atoms with van der Waals surface area (Å²) in [5.74, 6) is -0.239. The number of carbonyl (C=O) groups excluding carboxylic acids is 2. The third-order valence-electron chi connectivity index (χ3n) is 3.75. The van der Waals surface area contributed by atoms with Crippen molar-refractivity contribution in [3.05, 3.63) is 35.9 Å². The fourth-order valence-corrected chi connectivity index (χ4v) is 2.57. The smallest absolute Gasteiger partial charge is 0.410 e. The van der Waals surface area contributed by atoms with E-state index in [0.717, 1.165) is 0 Å². The maximum Gasteiger partial charge on any atom is 0.410 e. The summed E-state index contributed by atoms with van der Waals surface area (Å²) >= 11 is 0. The molecule has 5 heteroatoms. The molecule has 1 aromatic rings. The van der Waals surface area contributed by atoms with Crippen molar-refractivity contribution in [2.75, 3.05) is 13.1 Å². The van der Waals surface area contributed by atoms with Crippen LogP contribution >= 0.6 is 0 Å². The van der Waals surface area contributed by atoms with Crippen LogP contribution in [0.3, 0.4) is 0 Å². The average Bonchev–Trinajstić information content (AvgIpc) is 2.48. The van der Waals surface area contributed by atoms with Crippen LogP contribution in [0.2, 0.25) is 0 Å². The summed E-state index contributed by atoms with van der Waals surface area (Å²) < 4.78 is 11.0. The molecule has 0 aromatic heterocycles. The van der Waals surface area contributed by atoms with E-state index in [1.807, 2.05) is 45.9 Å². The molecule has 0 saturated carbocycles. The highest BCUT2D eigenvalue weighted by molar-refractivity contribution is 5.89. The molecule has 2 rings (SSSR count). The quantitative estimate of drug-likeness (QED) is 0.783. The van der Waals surface area contributed by atoms with Crippen molar-refractivity contribution in [3.63, 3.8) is 0 Å². The number of piperidine rings is 1. The zero-order valence-electron chi connectivity index (χ0n) is 14.2. The van der Waals surface area contributed by atoms with Gasteiger partial charge in [-0.2, -0.15) is 0 Å². The number of nitrogens with zero attached hydrogens (tertiary/aromatic N) is 1. The molecule has 1 aromatic carbocycles. The Hall–Kier alpha value is -2.04. The van der Waals surface area contributed by atoms with Crippen LogP contribution in [0, 0.1) is 5.92 Å². The molecule has 2 atom stereocenters. The number of esters is 1. The Morgan fingerprint density at radius 1 is 1.17 bits per heavy atom. The summed E-state index contributed by atoms with van der Waals surface area (Å²) in [6.07, 6.45) is 0.137. The number of likely N-dealkylation sites (tertiary alicyclic amines) is 1. The predicted octanol–water partition coefficient (Wildman–Crippen LogP) is 3.49. The molecule has 1 aliphatic rings. The van der Waals surface area contributed by atoms with Crippen molar-refractivity contribution in [2.24, 2.45) is 5.92 Å². The first-order chi connectivity index (χ1) is 10.8. The Morgan fingerprint density at radius 3 is 2.39 bits per heavy atom. The first kappa shape index (κ1) is 17.3. The Kier molecular flexibility index (Phi) is 5.29. The zero-order valence-corrected chi connectivity index (χ0v) is 14.2. The van der Waals surface area contributed by atoms with E-state index in [2.05, 4.69) is 0 Å². The lowest BCUT2D eigenvalue weighted by Crippen LogP contribution is -2.48. The third kappa shape index (κ3) is 4.98. The number of benzene rings is 1. The van der Waals surface area contributed by atoms with Crippen molar-refractivity contribution < 1.29 is 19.1 Å². The summed E-state index contributed by atoms with van der Waals surface area (Å²) in [5, 5.41) is 0. The number of carbonyl (C=O) groups is 2. The molecule has 1 saturated heterocycles. The van der Waals surface area contributed by atoms with Crippen LogP contribution in [-0.2, 0) is 9.47 Å².